The average molecular weight is 381 g/mol. The number of nitrogens with two attached hydrogens (primary N) is 1. The summed E-state index contributed by atoms with van der Waals surface area (Å²) in [6.45, 7) is 4.93. The zero-order chi connectivity index (χ0) is 20.0. The van der Waals surface area contributed by atoms with Gasteiger partial charge >= 0.3 is 6.09 Å². The topological polar surface area (TPSA) is 113 Å². The summed E-state index contributed by atoms with van der Waals surface area (Å²) >= 11 is 0. The Morgan fingerprint density at radius 3 is 2.86 bits per heavy atom. The lowest BCUT2D eigenvalue weighted by Crippen LogP contribution is -2.22. The van der Waals surface area contributed by atoms with E-state index < -0.39 is 11.9 Å². The average Bonchev–Trinajstić information content (AvgIpc) is 2.64. The second-order valence-corrected chi connectivity index (χ2v) is 7.18. The number of benzene rings is 1. The molecule has 1 aliphatic rings. The highest BCUT2D eigenvalue weighted by Crippen LogP contribution is 2.38. The number of hydrogen-bond donors (Lipinski definition) is 4. The molecule has 1 aliphatic heterocycles. The molecule has 28 heavy (non-hydrogen) atoms. The third kappa shape index (κ3) is 2.96. The Balaban J connectivity index is 1.89. The number of rotatable bonds is 2. The van der Waals surface area contributed by atoms with Crippen LogP contribution in [0.3, 0.4) is 0 Å². The minimum absolute atomic E-state index is 0.0272. The van der Waals surface area contributed by atoms with E-state index in [1.807, 2.05) is 6.92 Å². The van der Waals surface area contributed by atoms with Crippen LogP contribution in [0.1, 0.15) is 18.2 Å². The van der Waals surface area contributed by atoms with Crippen LogP contribution in [0.5, 0.6) is 0 Å². The maximum Gasteiger partial charge on any atom is 0.410 e. The molecule has 1 amide bonds. The van der Waals surface area contributed by atoms with E-state index >= 15 is 4.39 Å². The lowest BCUT2D eigenvalue weighted by Gasteiger charge is -2.25. The standard InChI is InChI=1S/C20H20FN5O2/c1-9-3-15-19(25-6-9)10(2)13(7-23-15)12-4-11-5-16(26-20(27)28)24-8-14(11)18(22)17(12)21/h4-5,7-9,25H,3,6,22H2,1-2H3,(H,24,26)(H,27,28)/t9-/m1/s1. The number of nitrogens with zero attached hydrogens (tertiary/aromatic N) is 2. The van der Waals surface area contributed by atoms with Crippen molar-refractivity contribution in [3.8, 4) is 11.1 Å². The first-order valence-corrected chi connectivity index (χ1v) is 8.95. The first kappa shape index (κ1) is 18.0. The van der Waals surface area contributed by atoms with Gasteiger partial charge in [0.2, 0.25) is 0 Å². The van der Waals surface area contributed by atoms with Gasteiger partial charge in [-0.3, -0.25) is 10.3 Å². The number of anilines is 3. The molecule has 3 aromatic rings. The summed E-state index contributed by atoms with van der Waals surface area (Å²) < 4.78 is 15.1. The van der Waals surface area contributed by atoms with Gasteiger partial charge in [-0.05, 0) is 42.3 Å². The minimum Gasteiger partial charge on any atom is -0.465 e. The number of nitrogens with one attached hydrogen (secondary N) is 2. The molecule has 0 unspecified atom stereocenters. The summed E-state index contributed by atoms with van der Waals surface area (Å²) in [6.07, 6.45) is 2.69. The first-order chi connectivity index (χ1) is 13.3. The van der Waals surface area contributed by atoms with Crippen molar-refractivity contribution in [2.24, 2.45) is 5.92 Å². The van der Waals surface area contributed by atoms with Crippen molar-refractivity contribution in [1.82, 2.24) is 9.97 Å². The van der Waals surface area contributed by atoms with E-state index in [1.54, 1.807) is 12.3 Å². The molecule has 144 valence electrons. The number of nitrogen functional groups attached to an aromatic ring is 1. The van der Waals surface area contributed by atoms with Gasteiger partial charge in [-0.1, -0.05) is 6.92 Å². The fourth-order valence-electron chi connectivity index (χ4n) is 3.67. The van der Waals surface area contributed by atoms with E-state index in [4.69, 9.17) is 10.8 Å². The molecule has 0 spiro atoms. The Labute approximate surface area is 160 Å². The van der Waals surface area contributed by atoms with Crippen LogP contribution in [-0.4, -0.2) is 27.7 Å². The lowest BCUT2D eigenvalue weighted by molar-refractivity contribution is 0.209. The van der Waals surface area contributed by atoms with Gasteiger partial charge < -0.3 is 16.2 Å². The van der Waals surface area contributed by atoms with E-state index in [-0.39, 0.29) is 11.5 Å². The molecule has 0 saturated carbocycles. The molecular formula is C20H20FN5O2. The molecule has 0 bridgehead atoms. The van der Waals surface area contributed by atoms with Gasteiger partial charge in [-0.25, -0.2) is 14.2 Å². The van der Waals surface area contributed by atoms with E-state index in [0.29, 0.717) is 27.8 Å². The van der Waals surface area contributed by atoms with Gasteiger partial charge in [0, 0.05) is 35.5 Å². The highest BCUT2D eigenvalue weighted by atomic mass is 19.1. The highest BCUT2D eigenvalue weighted by molar-refractivity contribution is 5.99. The molecular weight excluding hydrogens is 361 g/mol. The van der Waals surface area contributed by atoms with Gasteiger partial charge in [0.15, 0.2) is 5.82 Å². The molecule has 1 aromatic carbocycles. The Bertz CT molecular complexity index is 1120. The first-order valence-electron chi connectivity index (χ1n) is 8.95. The zero-order valence-corrected chi connectivity index (χ0v) is 15.5. The third-order valence-electron chi connectivity index (χ3n) is 5.11. The second kappa shape index (κ2) is 6.63. The van der Waals surface area contributed by atoms with Crippen molar-refractivity contribution in [3.05, 3.63) is 41.6 Å². The minimum atomic E-state index is -1.22. The van der Waals surface area contributed by atoms with Crippen LogP contribution in [0.4, 0.5) is 26.4 Å². The zero-order valence-electron chi connectivity index (χ0n) is 15.5. The van der Waals surface area contributed by atoms with Crippen LogP contribution in [0.25, 0.3) is 21.9 Å². The lowest BCUT2D eigenvalue weighted by atomic mass is 9.92. The quantitative estimate of drug-likeness (QED) is 0.499. The van der Waals surface area contributed by atoms with Gasteiger partial charge in [0.1, 0.15) is 5.82 Å². The smallest absolute Gasteiger partial charge is 0.410 e. The third-order valence-corrected chi connectivity index (χ3v) is 5.11. The van der Waals surface area contributed by atoms with Crippen molar-refractivity contribution in [3.63, 3.8) is 0 Å². The van der Waals surface area contributed by atoms with Crippen LogP contribution in [-0.2, 0) is 6.42 Å². The van der Waals surface area contributed by atoms with Crippen molar-refractivity contribution >= 4 is 34.1 Å². The maximum absolute atomic E-state index is 15.1. The molecule has 0 saturated heterocycles. The van der Waals surface area contributed by atoms with E-state index in [1.165, 1.54) is 12.3 Å². The van der Waals surface area contributed by atoms with E-state index in [0.717, 1.165) is 29.9 Å². The molecule has 0 radical (unpaired) electrons. The monoisotopic (exact) mass is 381 g/mol. The van der Waals surface area contributed by atoms with Crippen molar-refractivity contribution in [2.45, 2.75) is 20.3 Å². The van der Waals surface area contributed by atoms with Crippen LogP contribution in [0.2, 0.25) is 0 Å². The molecule has 5 N–H and O–H groups in total. The molecule has 8 heteroatoms. The van der Waals surface area contributed by atoms with Crippen LogP contribution in [0, 0.1) is 18.7 Å². The molecule has 2 aromatic heterocycles. The number of fused-ring (bicyclic) bond motifs is 2. The number of amides is 1. The molecule has 0 fully saturated rings. The van der Waals surface area contributed by atoms with Crippen molar-refractivity contribution in [2.75, 3.05) is 22.9 Å². The van der Waals surface area contributed by atoms with Gasteiger partial charge in [-0.2, -0.15) is 0 Å². The number of carboxylic acid groups (broad SMARTS) is 1. The number of hydrogen-bond acceptors (Lipinski definition) is 5. The van der Waals surface area contributed by atoms with Gasteiger partial charge in [-0.15, -0.1) is 0 Å². The van der Waals surface area contributed by atoms with Gasteiger partial charge in [0.05, 0.1) is 17.1 Å². The molecule has 1 atom stereocenters. The summed E-state index contributed by atoms with van der Waals surface area (Å²) in [5.41, 5.74) is 9.80. The summed E-state index contributed by atoms with van der Waals surface area (Å²) in [4.78, 5) is 19.4. The van der Waals surface area contributed by atoms with Crippen LogP contribution in [0.15, 0.2) is 24.5 Å². The Kier molecular flexibility index (Phi) is 4.26. The summed E-state index contributed by atoms with van der Waals surface area (Å²) in [5.74, 6) is 0.0983. The van der Waals surface area contributed by atoms with E-state index in [9.17, 15) is 4.79 Å². The molecule has 0 aliphatic carbocycles. The predicted octanol–water partition coefficient (Wildman–Crippen LogP) is 4.02. The molecule has 3 heterocycles. The Morgan fingerprint density at radius 2 is 2.11 bits per heavy atom. The Hall–Kier alpha value is -3.42. The largest absolute Gasteiger partial charge is 0.465 e. The van der Waals surface area contributed by atoms with E-state index in [2.05, 4.69) is 27.5 Å². The summed E-state index contributed by atoms with van der Waals surface area (Å²) in [6, 6.07) is 3.18. The van der Waals surface area contributed by atoms with Crippen LogP contribution < -0.4 is 16.4 Å². The van der Waals surface area contributed by atoms with Crippen molar-refractivity contribution in [1.29, 1.82) is 0 Å². The summed E-state index contributed by atoms with van der Waals surface area (Å²) in [7, 11) is 0. The highest BCUT2D eigenvalue weighted by Gasteiger charge is 2.22. The number of pyridine rings is 2. The van der Waals surface area contributed by atoms with Gasteiger partial charge in [0.25, 0.3) is 0 Å². The normalized spacial score (nSPS) is 15.8. The fourth-order valence-corrected chi connectivity index (χ4v) is 3.67. The number of aromatic nitrogens is 2. The SMILES string of the molecule is Cc1c(-c2cc3cc(NC(=O)O)ncc3c(N)c2F)cnc2c1NC[C@H](C)C2. The van der Waals surface area contributed by atoms with Crippen molar-refractivity contribution < 1.29 is 14.3 Å². The maximum atomic E-state index is 15.1. The molecule has 4 rings (SSSR count). The summed E-state index contributed by atoms with van der Waals surface area (Å²) in [5, 5.41) is 15.5. The molecule has 7 nitrogen and oxygen atoms in total. The Morgan fingerprint density at radius 1 is 1.32 bits per heavy atom. The fraction of sp³-hybridized carbons (Fsp3) is 0.250. The predicted molar refractivity (Wildman–Crippen MR) is 107 cm³/mol. The number of halogens is 1. The second-order valence-electron chi connectivity index (χ2n) is 7.18. The van der Waals surface area contributed by atoms with Crippen LogP contribution >= 0.6 is 0 Å². The number of carbonyl (C=O) groups is 1.